The standard InChI is InChI=1S/C19H16Cl2N2O2/c1-3-14-17(19(24)25)18(23-15-7-5-4-6-10(15)2)11-8-12(20)13(21)9-16(11)22-14/h4-9H,3H2,1-2H3,(H,22,23)(H,24,25). The Morgan fingerprint density at radius 3 is 2.52 bits per heavy atom. The van der Waals surface area contributed by atoms with E-state index in [9.17, 15) is 9.90 Å². The van der Waals surface area contributed by atoms with Gasteiger partial charge in [-0.25, -0.2) is 4.79 Å². The van der Waals surface area contributed by atoms with Gasteiger partial charge >= 0.3 is 5.97 Å². The lowest BCUT2D eigenvalue weighted by Crippen LogP contribution is -2.10. The summed E-state index contributed by atoms with van der Waals surface area (Å²) < 4.78 is 0. The molecule has 0 fully saturated rings. The summed E-state index contributed by atoms with van der Waals surface area (Å²) in [7, 11) is 0. The zero-order valence-electron chi connectivity index (χ0n) is 13.7. The van der Waals surface area contributed by atoms with Crippen molar-refractivity contribution in [2.75, 3.05) is 5.32 Å². The summed E-state index contributed by atoms with van der Waals surface area (Å²) in [6, 6.07) is 11.0. The van der Waals surface area contributed by atoms with E-state index in [0.717, 1.165) is 11.3 Å². The van der Waals surface area contributed by atoms with E-state index in [2.05, 4.69) is 10.3 Å². The summed E-state index contributed by atoms with van der Waals surface area (Å²) >= 11 is 12.3. The van der Waals surface area contributed by atoms with Crippen LogP contribution >= 0.6 is 23.2 Å². The quantitative estimate of drug-likeness (QED) is 0.600. The molecule has 3 rings (SSSR count). The fourth-order valence-corrected chi connectivity index (χ4v) is 3.09. The van der Waals surface area contributed by atoms with Crippen LogP contribution in [0.25, 0.3) is 10.9 Å². The average molecular weight is 375 g/mol. The fourth-order valence-electron chi connectivity index (χ4n) is 2.77. The molecular weight excluding hydrogens is 359 g/mol. The number of aromatic nitrogens is 1. The number of benzene rings is 2. The number of carboxylic acids is 1. The van der Waals surface area contributed by atoms with Gasteiger partial charge in [0.1, 0.15) is 5.56 Å². The first-order valence-electron chi connectivity index (χ1n) is 7.80. The molecule has 2 aromatic carbocycles. The van der Waals surface area contributed by atoms with Crippen molar-refractivity contribution >= 4 is 51.4 Å². The number of fused-ring (bicyclic) bond motifs is 1. The number of pyridine rings is 1. The van der Waals surface area contributed by atoms with E-state index in [-0.39, 0.29) is 5.56 Å². The molecule has 0 aliphatic rings. The predicted octanol–water partition coefficient (Wildman–Crippen LogP) is 5.85. The third-order valence-electron chi connectivity index (χ3n) is 4.06. The van der Waals surface area contributed by atoms with Gasteiger partial charge in [-0.3, -0.25) is 4.98 Å². The molecule has 0 atom stereocenters. The number of carbonyl (C=O) groups is 1. The molecule has 6 heteroatoms. The van der Waals surface area contributed by atoms with Crippen LogP contribution < -0.4 is 5.32 Å². The summed E-state index contributed by atoms with van der Waals surface area (Å²) in [6.45, 7) is 3.83. The number of halogens is 2. The minimum Gasteiger partial charge on any atom is -0.478 e. The first kappa shape index (κ1) is 17.5. The van der Waals surface area contributed by atoms with Crippen molar-refractivity contribution in [3.05, 3.63) is 63.3 Å². The maximum absolute atomic E-state index is 11.9. The van der Waals surface area contributed by atoms with Crippen molar-refractivity contribution < 1.29 is 9.90 Å². The Hall–Kier alpha value is -2.30. The van der Waals surface area contributed by atoms with Crippen LogP contribution in [-0.4, -0.2) is 16.1 Å². The third kappa shape index (κ3) is 3.28. The monoisotopic (exact) mass is 374 g/mol. The van der Waals surface area contributed by atoms with Gasteiger partial charge < -0.3 is 10.4 Å². The highest BCUT2D eigenvalue weighted by atomic mass is 35.5. The van der Waals surface area contributed by atoms with Gasteiger partial charge in [0.15, 0.2) is 0 Å². The maximum Gasteiger partial charge on any atom is 0.339 e. The number of anilines is 2. The highest BCUT2D eigenvalue weighted by Crippen LogP contribution is 2.36. The molecule has 1 heterocycles. The van der Waals surface area contributed by atoms with E-state index in [4.69, 9.17) is 23.2 Å². The molecule has 0 bridgehead atoms. The van der Waals surface area contributed by atoms with E-state index in [1.165, 1.54) is 0 Å². The second-order valence-corrected chi connectivity index (χ2v) is 6.50. The zero-order chi connectivity index (χ0) is 18.1. The zero-order valence-corrected chi connectivity index (χ0v) is 15.2. The Balaban J connectivity index is 2.36. The largest absolute Gasteiger partial charge is 0.478 e. The van der Waals surface area contributed by atoms with Gasteiger partial charge in [-0.05, 0) is 37.1 Å². The van der Waals surface area contributed by atoms with Gasteiger partial charge in [-0.2, -0.15) is 0 Å². The summed E-state index contributed by atoms with van der Waals surface area (Å²) in [5.74, 6) is -1.03. The molecule has 0 unspecified atom stereocenters. The minimum absolute atomic E-state index is 0.150. The lowest BCUT2D eigenvalue weighted by atomic mass is 10.0. The molecule has 1 aromatic heterocycles. The number of aromatic carboxylic acids is 1. The topological polar surface area (TPSA) is 62.2 Å². The van der Waals surface area contributed by atoms with Crippen molar-refractivity contribution in [2.45, 2.75) is 20.3 Å². The van der Waals surface area contributed by atoms with Crippen LogP contribution in [0.1, 0.15) is 28.5 Å². The predicted molar refractivity (Wildman–Crippen MR) is 103 cm³/mol. The van der Waals surface area contributed by atoms with Gasteiger partial charge in [-0.1, -0.05) is 48.3 Å². The molecule has 128 valence electrons. The molecule has 0 radical (unpaired) electrons. The molecule has 4 nitrogen and oxygen atoms in total. The lowest BCUT2D eigenvalue weighted by Gasteiger charge is -2.17. The molecule has 2 N–H and O–H groups in total. The van der Waals surface area contributed by atoms with Crippen LogP contribution in [0.3, 0.4) is 0 Å². The highest BCUT2D eigenvalue weighted by Gasteiger charge is 2.21. The minimum atomic E-state index is -1.03. The summed E-state index contributed by atoms with van der Waals surface area (Å²) in [5.41, 5.74) is 3.55. The molecule has 0 saturated heterocycles. The molecule has 0 aliphatic heterocycles. The van der Waals surface area contributed by atoms with Gasteiger partial charge in [0.05, 0.1) is 26.9 Å². The van der Waals surface area contributed by atoms with E-state index in [1.54, 1.807) is 12.1 Å². The number of nitrogens with one attached hydrogen (secondary N) is 1. The number of rotatable bonds is 4. The first-order valence-corrected chi connectivity index (χ1v) is 8.55. The second kappa shape index (κ2) is 6.90. The van der Waals surface area contributed by atoms with Crippen molar-refractivity contribution in [1.29, 1.82) is 0 Å². The van der Waals surface area contributed by atoms with Crippen LogP contribution in [0.5, 0.6) is 0 Å². The Labute approximate surface area is 155 Å². The fraction of sp³-hybridized carbons (Fsp3) is 0.158. The number of aryl methyl sites for hydroxylation is 2. The van der Waals surface area contributed by atoms with E-state index in [0.29, 0.717) is 38.8 Å². The molecule has 3 aromatic rings. The average Bonchev–Trinajstić information content (AvgIpc) is 2.57. The van der Waals surface area contributed by atoms with E-state index in [1.807, 2.05) is 38.1 Å². The van der Waals surface area contributed by atoms with Crippen LogP contribution in [-0.2, 0) is 6.42 Å². The van der Waals surface area contributed by atoms with Crippen molar-refractivity contribution in [1.82, 2.24) is 4.98 Å². The Kier molecular flexibility index (Phi) is 4.84. The third-order valence-corrected chi connectivity index (χ3v) is 4.78. The second-order valence-electron chi connectivity index (χ2n) is 5.69. The normalized spacial score (nSPS) is 10.9. The SMILES string of the molecule is CCc1nc2cc(Cl)c(Cl)cc2c(Nc2ccccc2C)c1C(=O)O. The molecule has 0 aliphatic carbocycles. The highest BCUT2D eigenvalue weighted by molar-refractivity contribution is 6.43. The molecular formula is C19H16Cl2N2O2. The van der Waals surface area contributed by atoms with Crippen LogP contribution in [0, 0.1) is 6.92 Å². The number of nitrogens with zero attached hydrogens (tertiary/aromatic N) is 1. The smallest absolute Gasteiger partial charge is 0.339 e. The number of hydrogen-bond acceptors (Lipinski definition) is 3. The van der Waals surface area contributed by atoms with Gasteiger partial charge in [0.2, 0.25) is 0 Å². The Morgan fingerprint density at radius 1 is 1.20 bits per heavy atom. The molecule has 25 heavy (non-hydrogen) atoms. The summed E-state index contributed by atoms with van der Waals surface area (Å²) in [5, 5.41) is 14.4. The maximum atomic E-state index is 11.9. The molecule has 0 amide bonds. The van der Waals surface area contributed by atoms with Crippen LogP contribution in [0.2, 0.25) is 10.0 Å². The van der Waals surface area contributed by atoms with Crippen molar-refractivity contribution in [3.8, 4) is 0 Å². The van der Waals surface area contributed by atoms with Crippen LogP contribution in [0.15, 0.2) is 36.4 Å². The molecule has 0 saturated carbocycles. The van der Waals surface area contributed by atoms with Gasteiger partial charge in [-0.15, -0.1) is 0 Å². The number of para-hydroxylation sites is 1. The first-order chi connectivity index (χ1) is 11.9. The van der Waals surface area contributed by atoms with E-state index >= 15 is 0 Å². The van der Waals surface area contributed by atoms with Gasteiger partial charge in [0, 0.05) is 11.1 Å². The number of carboxylic acid groups (broad SMARTS) is 1. The Bertz CT molecular complexity index is 987. The lowest BCUT2D eigenvalue weighted by molar-refractivity contribution is 0.0696. The van der Waals surface area contributed by atoms with Gasteiger partial charge in [0.25, 0.3) is 0 Å². The Morgan fingerprint density at radius 2 is 1.88 bits per heavy atom. The molecule has 0 spiro atoms. The number of hydrogen-bond donors (Lipinski definition) is 2. The van der Waals surface area contributed by atoms with Crippen molar-refractivity contribution in [2.24, 2.45) is 0 Å². The summed E-state index contributed by atoms with van der Waals surface area (Å²) in [6.07, 6.45) is 0.486. The van der Waals surface area contributed by atoms with E-state index < -0.39 is 5.97 Å². The van der Waals surface area contributed by atoms with Crippen LogP contribution in [0.4, 0.5) is 11.4 Å². The summed E-state index contributed by atoms with van der Waals surface area (Å²) in [4.78, 5) is 16.4. The van der Waals surface area contributed by atoms with Crippen molar-refractivity contribution in [3.63, 3.8) is 0 Å².